The lowest BCUT2D eigenvalue weighted by Crippen LogP contribution is -2.35. The number of amides is 2. The first-order valence-corrected chi connectivity index (χ1v) is 8.14. The second kappa shape index (κ2) is 9.87. The Labute approximate surface area is 149 Å². The molecule has 8 nitrogen and oxygen atoms in total. The molecule has 0 saturated heterocycles. The number of carboxylic acid groups (broad SMARTS) is 1. The fourth-order valence-corrected chi connectivity index (χ4v) is 2.13. The predicted octanol–water partition coefficient (Wildman–Crippen LogP) is 1.07. The van der Waals surface area contributed by atoms with Crippen LogP contribution in [0.25, 0.3) is 6.08 Å². The van der Waals surface area contributed by atoms with Crippen LogP contribution in [0.5, 0.6) is 0 Å². The summed E-state index contributed by atoms with van der Waals surface area (Å²) in [5.41, 5.74) is 0.0103. The number of nitrogens with one attached hydrogen (secondary N) is 2. The predicted molar refractivity (Wildman–Crippen MR) is 89.3 cm³/mol. The van der Waals surface area contributed by atoms with Crippen molar-refractivity contribution >= 4 is 23.9 Å². The molecule has 0 saturated carbocycles. The van der Waals surface area contributed by atoms with Crippen molar-refractivity contribution < 1.29 is 28.3 Å². The summed E-state index contributed by atoms with van der Waals surface area (Å²) in [7, 11) is 0. The third-order valence-electron chi connectivity index (χ3n) is 3.41. The summed E-state index contributed by atoms with van der Waals surface area (Å²) in [6, 6.07) is 6.35. The van der Waals surface area contributed by atoms with Gasteiger partial charge in [-0.25, -0.2) is 0 Å². The molecule has 26 heavy (non-hydrogen) atoms. The first-order valence-electron chi connectivity index (χ1n) is 8.14. The highest BCUT2D eigenvalue weighted by molar-refractivity contribution is 6.04. The van der Waals surface area contributed by atoms with Gasteiger partial charge < -0.3 is 29.4 Å². The number of aliphatic carboxylic acids is 1. The number of furan rings is 2. The number of carbonyl (C=O) groups excluding carboxylic acids is 3. The van der Waals surface area contributed by atoms with Crippen LogP contribution in [0.4, 0.5) is 0 Å². The van der Waals surface area contributed by atoms with E-state index in [1.165, 1.54) is 24.7 Å². The lowest BCUT2D eigenvalue weighted by Gasteiger charge is -2.10. The molecule has 0 spiro atoms. The van der Waals surface area contributed by atoms with Crippen LogP contribution in [-0.2, 0) is 9.59 Å². The van der Waals surface area contributed by atoms with E-state index in [2.05, 4.69) is 10.6 Å². The molecule has 138 valence electrons. The Hall–Kier alpha value is -3.29. The van der Waals surface area contributed by atoms with Crippen molar-refractivity contribution in [2.45, 2.75) is 25.7 Å². The van der Waals surface area contributed by atoms with Gasteiger partial charge in [0.05, 0.1) is 12.5 Å². The van der Waals surface area contributed by atoms with Gasteiger partial charge in [0.1, 0.15) is 11.5 Å². The highest BCUT2D eigenvalue weighted by Gasteiger charge is 2.16. The maximum absolute atomic E-state index is 12.3. The summed E-state index contributed by atoms with van der Waals surface area (Å²) in [6.45, 7) is 0.345. The van der Waals surface area contributed by atoms with Crippen LogP contribution in [0.3, 0.4) is 0 Å². The monoisotopic (exact) mass is 359 g/mol. The molecular weight excluding hydrogens is 340 g/mol. The average Bonchev–Trinajstić information content (AvgIpc) is 3.30. The average molecular weight is 359 g/mol. The van der Waals surface area contributed by atoms with Crippen LogP contribution >= 0.6 is 0 Å². The molecule has 2 aromatic heterocycles. The molecule has 2 aromatic rings. The van der Waals surface area contributed by atoms with E-state index < -0.39 is 17.8 Å². The molecule has 0 aliphatic carbocycles. The molecule has 2 rings (SSSR count). The molecule has 2 N–H and O–H groups in total. The van der Waals surface area contributed by atoms with Crippen LogP contribution in [0.2, 0.25) is 0 Å². The fraction of sp³-hybridized carbons (Fsp3) is 0.278. The maximum Gasteiger partial charge on any atom is 0.291 e. The summed E-state index contributed by atoms with van der Waals surface area (Å²) < 4.78 is 10.2. The molecule has 0 radical (unpaired) electrons. The summed E-state index contributed by atoms with van der Waals surface area (Å²) in [6.07, 6.45) is 5.96. The molecule has 0 fully saturated rings. The van der Waals surface area contributed by atoms with Crippen molar-refractivity contribution in [3.8, 4) is 0 Å². The minimum Gasteiger partial charge on any atom is -0.550 e. The van der Waals surface area contributed by atoms with E-state index in [9.17, 15) is 19.5 Å². The Kier molecular flexibility index (Phi) is 7.23. The largest absolute Gasteiger partial charge is 0.550 e. The zero-order valence-electron chi connectivity index (χ0n) is 14.0. The molecule has 0 bridgehead atoms. The molecule has 0 atom stereocenters. The van der Waals surface area contributed by atoms with Crippen molar-refractivity contribution in [1.29, 1.82) is 0 Å². The number of carbonyl (C=O) groups is 3. The number of rotatable bonds is 10. The van der Waals surface area contributed by atoms with E-state index in [0.29, 0.717) is 31.6 Å². The van der Waals surface area contributed by atoms with E-state index in [0.717, 1.165) is 0 Å². The second-order valence-corrected chi connectivity index (χ2v) is 5.44. The number of carboxylic acids is 1. The molecule has 0 aliphatic rings. The summed E-state index contributed by atoms with van der Waals surface area (Å²) >= 11 is 0. The summed E-state index contributed by atoms with van der Waals surface area (Å²) in [4.78, 5) is 34.8. The van der Waals surface area contributed by atoms with Gasteiger partial charge >= 0.3 is 0 Å². The minimum absolute atomic E-state index is 0.00318. The van der Waals surface area contributed by atoms with Crippen molar-refractivity contribution in [2.24, 2.45) is 0 Å². The molecule has 8 heteroatoms. The fourth-order valence-electron chi connectivity index (χ4n) is 2.13. The summed E-state index contributed by atoms with van der Waals surface area (Å²) in [5.74, 6) is -1.65. The smallest absolute Gasteiger partial charge is 0.291 e. The molecule has 2 amide bonds. The highest BCUT2D eigenvalue weighted by atomic mass is 16.4. The van der Waals surface area contributed by atoms with Crippen molar-refractivity contribution in [3.63, 3.8) is 0 Å². The third-order valence-corrected chi connectivity index (χ3v) is 3.41. The Morgan fingerprint density at radius 3 is 2.46 bits per heavy atom. The van der Waals surface area contributed by atoms with E-state index >= 15 is 0 Å². The zero-order chi connectivity index (χ0) is 18.8. The Balaban J connectivity index is 1.92. The Bertz CT molecular complexity index is 747. The van der Waals surface area contributed by atoms with Crippen LogP contribution in [-0.4, -0.2) is 24.3 Å². The maximum atomic E-state index is 12.3. The zero-order valence-corrected chi connectivity index (χ0v) is 14.0. The third kappa shape index (κ3) is 6.31. The van der Waals surface area contributed by atoms with Crippen molar-refractivity contribution in [1.82, 2.24) is 10.6 Å². The van der Waals surface area contributed by atoms with Gasteiger partial charge in [0, 0.05) is 18.6 Å². The Morgan fingerprint density at radius 2 is 1.81 bits per heavy atom. The van der Waals surface area contributed by atoms with Gasteiger partial charge in [-0.2, -0.15) is 0 Å². The van der Waals surface area contributed by atoms with Crippen molar-refractivity contribution in [3.05, 3.63) is 54.0 Å². The van der Waals surface area contributed by atoms with Crippen LogP contribution < -0.4 is 15.7 Å². The second-order valence-electron chi connectivity index (χ2n) is 5.44. The van der Waals surface area contributed by atoms with Gasteiger partial charge in [-0.1, -0.05) is 6.42 Å². The molecule has 2 heterocycles. The van der Waals surface area contributed by atoms with Crippen LogP contribution in [0.15, 0.2) is 51.3 Å². The standard InChI is InChI=1S/C18H20N2O6/c21-16(22)8-2-1-3-9-19-17(23)14(12-13-6-4-10-25-13)20-18(24)15-7-5-11-26-15/h4-7,10-12H,1-3,8-9H2,(H,19,23)(H,20,24)(H,21,22)/p-1/b14-12-. The molecule has 0 unspecified atom stereocenters. The summed E-state index contributed by atoms with van der Waals surface area (Å²) in [5, 5.41) is 15.5. The van der Waals surface area contributed by atoms with Gasteiger partial charge in [-0.3, -0.25) is 9.59 Å². The van der Waals surface area contributed by atoms with Crippen LogP contribution in [0, 0.1) is 0 Å². The Morgan fingerprint density at radius 1 is 1.04 bits per heavy atom. The van der Waals surface area contributed by atoms with Crippen molar-refractivity contribution in [2.75, 3.05) is 6.54 Å². The van der Waals surface area contributed by atoms with Crippen LogP contribution in [0.1, 0.15) is 42.0 Å². The lowest BCUT2D eigenvalue weighted by molar-refractivity contribution is -0.305. The highest BCUT2D eigenvalue weighted by Crippen LogP contribution is 2.08. The van der Waals surface area contributed by atoms with Gasteiger partial charge in [-0.05, 0) is 43.5 Å². The first-order chi connectivity index (χ1) is 12.6. The molecule has 0 aromatic carbocycles. The normalized spacial score (nSPS) is 11.2. The quantitative estimate of drug-likeness (QED) is 0.483. The lowest BCUT2D eigenvalue weighted by atomic mass is 10.2. The minimum atomic E-state index is -1.08. The topological polar surface area (TPSA) is 125 Å². The number of hydrogen-bond acceptors (Lipinski definition) is 6. The number of unbranched alkanes of at least 4 members (excludes halogenated alkanes) is 2. The number of hydrogen-bond donors (Lipinski definition) is 2. The van der Waals surface area contributed by atoms with E-state index in [1.807, 2.05) is 0 Å². The SMILES string of the molecule is O=C([O-])CCCCCNC(=O)/C(=C/c1ccco1)NC(=O)c1ccco1. The molecular formula is C18H19N2O6-. The molecule has 0 aliphatic heterocycles. The van der Waals surface area contributed by atoms with E-state index in [4.69, 9.17) is 8.83 Å². The van der Waals surface area contributed by atoms with E-state index in [-0.39, 0.29) is 17.9 Å². The van der Waals surface area contributed by atoms with E-state index in [1.54, 1.807) is 18.2 Å². The van der Waals surface area contributed by atoms with Gasteiger partial charge in [0.25, 0.3) is 11.8 Å². The van der Waals surface area contributed by atoms with Gasteiger partial charge in [-0.15, -0.1) is 0 Å². The van der Waals surface area contributed by atoms with Gasteiger partial charge in [0.15, 0.2) is 5.76 Å². The first kappa shape index (κ1) is 19.0. The van der Waals surface area contributed by atoms with Gasteiger partial charge in [0.2, 0.25) is 0 Å².